The van der Waals surface area contributed by atoms with E-state index in [0.717, 1.165) is 0 Å². The Morgan fingerprint density at radius 2 is 1.54 bits per heavy atom. The Kier molecular flexibility index (Phi) is 6.35. The minimum atomic E-state index is -1.09. The van der Waals surface area contributed by atoms with Gasteiger partial charge in [0, 0.05) is 5.69 Å². The highest BCUT2D eigenvalue weighted by atomic mass is 16.5. The predicted molar refractivity (Wildman–Crippen MR) is 136 cm³/mol. The average molecular weight is 504 g/mol. The Labute approximate surface area is 212 Å². The van der Waals surface area contributed by atoms with Crippen LogP contribution in [0.2, 0.25) is 0 Å². The minimum absolute atomic E-state index is 0.239. The lowest BCUT2D eigenvalue weighted by Gasteiger charge is -2.21. The van der Waals surface area contributed by atoms with Crippen molar-refractivity contribution in [3.8, 4) is 28.7 Å². The first-order valence-corrected chi connectivity index (χ1v) is 11.5. The molecule has 0 aliphatic carbocycles. The van der Waals surface area contributed by atoms with Gasteiger partial charge in [-0.1, -0.05) is 12.1 Å². The minimum Gasteiger partial charge on any atom is -0.497 e. The van der Waals surface area contributed by atoms with Gasteiger partial charge in [-0.25, -0.2) is 4.79 Å². The first-order chi connectivity index (χ1) is 18.0. The van der Waals surface area contributed by atoms with Crippen LogP contribution < -0.4 is 34.6 Å². The largest absolute Gasteiger partial charge is 0.497 e. The molecule has 1 N–H and O–H groups in total. The van der Waals surface area contributed by atoms with E-state index in [1.165, 1.54) is 21.3 Å². The van der Waals surface area contributed by atoms with Crippen LogP contribution in [0.1, 0.15) is 17.0 Å². The molecule has 0 fully saturated rings. The summed E-state index contributed by atoms with van der Waals surface area (Å²) in [5.74, 6) is 0.848. The number of hydrogen-bond donors (Lipinski definition) is 1. The van der Waals surface area contributed by atoms with Crippen LogP contribution in [0.3, 0.4) is 0 Å². The van der Waals surface area contributed by atoms with Crippen molar-refractivity contribution in [1.82, 2.24) is 0 Å². The smallest absolute Gasteiger partial charge is 0.344 e. The van der Waals surface area contributed by atoms with E-state index < -0.39 is 23.6 Å². The van der Waals surface area contributed by atoms with Gasteiger partial charge < -0.3 is 33.4 Å². The molecule has 0 saturated heterocycles. The molecule has 1 amide bonds. The number of methoxy groups -OCH3 is 4. The molecular weight excluding hydrogens is 478 g/mol. The van der Waals surface area contributed by atoms with Crippen molar-refractivity contribution in [2.24, 2.45) is 0 Å². The molecule has 9 heteroatoms. The molecular formula is C28H25NO8. The second kappa shape index (κ2) is 9.77. The summed E-state index contributed by atoms with van der Waals surface area (Å²) in [6.07, 6.45) is -1.09. The highest BCUT2D eigenvalue weighted by molar-refractivity contribution is 5.97. The number of benzene rings is 3. The standard InChI is InChI=1S/C28H25NO8/c1-32-17-11-9-16(10-12-17)29-27(30)26-22(15-13-20(33-2)25(35-4)21(14-15)34-3)23-24(37-26)18-7-5-6-8-19(18)36-28(23)31/h5-14,22,26H,1-4H3,(H,29,30)/t22-,26-/m0/s1. The van der Waals surface area contributed by atoms with Crippen LogP contribution in [0, 0.1) is 0 Å². The number of ether oxygens (including phenoxy) is 5. The second-order valence-electron chi connectivity index (χ2n) is 8.32. The molecule has 9 nitrogen and oxygen atoms in total. The number of fused-ring (bicyclic) bond motifs is 3. The molecule has 3 aromatic carbocycles. The van der Waals surface area contributed by atoms with E-state index in [1.807, 2.05) is 6.07 Å². The summed E-state index contributed by atoms with van der Waals surface area (Å²) >= 11 is 0. The lowest BCUT2D eigenvalue weighted by atomic mass is 9.87. The van der Waals surface area contributed by atoms with Gasteiger partial charge in [0.15, 0.2) is 17.6 Å². The van der Waals surface area contributed by atoms with Crippen molar-refractivity contribution in [2.45, 2.75) is 12.0 Å². The Balaban J connectivity index is 1.66. The number of hydrogen-bond acceptors (Lipinski definition) is 8. The van der Waals surface area contributed by atoms with Crippen molar-refractivity contribution in [2.75, 3.05) is 33.8 Å². The number of carbonyl (C=O) groups excluding carboxylic acids is 1. The first kappa shape index (κ1) is 24.1. The third kappa shape index (κ3) is 4.18. The molecule has 5 rings (SSSR count). The van der Waals surface area contributed by atoms with Gasteiger partial charge in [0.1, 0.15) is 17.1 Å². The van der Waals surface area contributed by atoms with E-state index >= 15 is 0 Å². The highest BCUT2D eigenvalue weighted by Crippen LogP contribution is 2.48. The van der Waals surface area contributed by atoms with Crippen LogP contribution in [0.4, 0.5) is 5.69 Å². The number of para-hydroxylation sites is 1. The Hall–Kier alpha value is -4.66. The predicted octanol–water partition coefficient (Wildman–Crippen LogP) is 4.36. The van der Waals surface area contributed by atoms with Gasteiger partial charge in [-0.3, -0.25) is 4.79 Å². The van der Waals surface area contributed by atoms with Crippen molar-refractivity contribution >= 4 is 22.6 Å². The summed E-state index contributed by atoms with van der Waals surface area (Å²) in [5, 5.41) is 3.47. The summed E-state index contributed by atoms with van der Waals surface area (Å²) in [6, 6.07) is 17.3. The third-order valence-electron chi connectivity index (χ3n) is 6.32. The van der Waals surface area contributed by atoms with Crippen LogP contribution in [-0.2, 0) is 4.79 Å². The number of rotatable bonds is 7. The van der Waals surface area contributed by atoms with Gasteiger partial charge in [0.05, 0.1) is 45.3 Å². The molecule has 0 radical (unpaired) electrons. The topological polar surface area (TPSA) is 105 Å². The Bertz CT molecular complexity index is 1500. The molecule has 4 aromatic rings. The van der Waals surface area contributed by atoms with E-state index in [4.69, 9.17) is 28.1 Å². The van der Waals surface area contributed by atoms with Crippen LogP contribution in [0.5, 0.6) is 28.7 Å². The lowest BCUT2D eigenvalue weighted by Crippen LogP contribution is -2.35. The summed E-state index contributed by atoms with van der Waals surface area (Å²) in [6.45, 7) is 0. The molecule has 2 atom stereocenters. The van der Waals surface area contributed by atoms with Crippen LogP contribution in [0.15, 0.2) is 69.9 Å². The summed E-state index contributed by atoms with van der Waals surface area (Å²) in [5.41, 5.74) is 1.12. The summed E-state index contributed by atoms with van der Waals surface area (Å²) in [7, 11) is 6.06. The molecule has 0 unspecified atom stereocenters. The number of anilines is 1. The molecule has 2 heterocycles. The van der Waals surface area contributed by atoms with E-state index in [1.54, 1.807) is 61.7 Å². The van der Waals surface area contributed by atoms with Crippen molar-refractivity contribution in [1.29, 1.82) is 0 Å². The zero-order chi connectivity index (χ0) is 26.1. The molecule has 190 valence electrons. The van der Waals surface area contributed by atoms with E-state index in [-0.39, 0.29) is 5.56 Å². The second-order valence-corrected chi connectivity index (χ2v) is 8.32. The number of carbonyl (C=O) groups is 1. The molecule has 0 bridgehead atoms. The van der Waals surface area contributed by atoms with Gasteiger partial charge in [0.2, 0.25) is 5.75 Å². The molecule has 1 aromatic heterocycles. The fourth-order valence-corrected chi connectivity index (χ4v) is 4.59. The van der Waals surface area contributed by atoms with Gasteiger partial charge in [0.25, 0.3) is 5.91 Å². The zero-order valence-corrected chi connectivity index (χ0v) is 20.7. The maximum absolute atomic E-state index is 13.6. The highest BCUT2D eigenvalue weighted by Gasteiger charge is 2.45. The lowest BCUT2D eigenvalue weighted by molar-refractivity contribution is -0.122. The molecule has 0 saturated carbocycles. The quantitative estimate of drug-likeness (QED) is 0.371. The van der Waals surface area contributed by atoms with Gasteiger partial charge >= 0.3 is 5.63 Å². The Morgan fingerprint density at radius 1 is 0.865 bits per heavy atom. The third-order valence-corrected chi connectivity index (χ3v) is 6.32. The monoisotopic (exact) mass is 503 g/mol. The average Bonchev–Trinajstić information content (AvgIpc) is 3.34. The van der Waals surface area contributed by atoms with Crippen molar-refractivity contribution < 1.29 is 32.9 Å². The Morgan fingerprint density at radius 3 is 2.16 bits per heavy atom. The van der Waals surface area contributed by atoms with E-state index in [2.05, 4.69) is 5.32 Å². The van der Waals surface area contributed by atoms with Gasteiger partial charge in [-0.15, -0.1) is 0 Å². The van der Waals surface area contributed by atoms with Gasteiger partial charge in [-0.2, -0.15) is 0 Å². The summed E-state index contributed by atoms with van der Waals surface area (Å²) in [4.78, 5) is 26.9. The fraction of sp³-hybridized carbons (Fsp3) is 0.214. The van der Waals surface area contributed by atoms with Crippen LogP contribution >= 0.6 is 0 Å². The molecule has 1 aliphatic heterocycles. The zero-order valence-electron chi connectivity index (χ0n) is 20.7. The summed E-state index contributed by atoms with van der Waals surface area (Å²) < 4.78 is 33.5. The number of amides is 1. The normalized spacial score (nSPS) is 16.0. The van der Waals surface area contributed by atoms with Crippen molar-refractivity contribution in [3.05, 3.63) is 82.2 Å². The SMILES string of the molecule is COc1ccc(NC(=O)[C@H]2Oc3c(c(=O)oc4ccccc34)[C@@H]2c2cc(OC)c(OC)c(OC)c2)cc1. The molecule has 0 spiro atoms. The number of nitrogens with one attached hydrogen (secondary N) is 1. The van der Waals surface area contributed by atoms with E-state index in [0.29, 0.717) is 51.0 Å². The van der Waals surface area contributed by atoms with Crippen LogP contribution in [-0.4, -0.2) is 40.5 Å². The van der Waals surface area contributed by atoms with Crippen molar-refractivity contribution in [3.63, 3.8) is 0 Å². The molecule has 1 aliphatic rings. The van der Waals surface area contributed by atoms with Gasteiger partial charge in [-0.05, 0) is 54.1 Å². The fourth-order valence-electron chi connectivity index (χ4n) is 4.59. The first-order valence-electron chi connectivity index (χ1n) is 11.5. The molecule has 37 heavy (non-hydrogen) atoms. The van der Waals surface area contributed by atoms with Crippen LogP contribution in [0.25, 0.3) is 11.0 Å². The maximum atomic E-state index is 13.6. The maximum Gasteiger partial charge on any atom is 0.344 e. The van der Waals surface area contributed by atoms with E-state index in [9.17, 15) is 9.59 Å².